The Bertz CT molecular complexity index is 5740. The van der Waals surface area contributed by atoms with Crippen LogP contribution in [-0.4, -0.2) is 11.3 Å². The van der Waals surface area contributed by atoms with Crippen LogP contribution in [0.3, 0.4) is 0 Å². The number of hydrogen-bond acceptors (Lipinski definition) is 4. The quantitative estimate of drug-likeness (QED) is 0.164. The highest BCUT2D eigenvalue weighted by Gasteiger charge is 2.47. The molecule has 0 N–H and O–H groups in total. The third kappa shape index (κ3) is 6.14. The molecule has 350 valence electrons. The number of rotatable bonds is 4. The van der Waals surface area contributed by atoms with Crippen molar-refractivity contribution in [3.05, 3.63) is 198 Å². The zero-order chi connectivity index (χ0) is 75.3. The number of fused-ring (bicyclic) bond motifs is 12. The number of hydrogen-bond donors (Lipinski definition) is 0. The van der Waals surface area contributed by atoms with Gasteiger partial charge in [-0.05, 0) is 140 Å². The molecular weight excluding hydrogens is 876 g/mol. The molecule has 72 heavy (non-hydrogen) atoms. The maximum atomic E-state index is 11.2. The Balaban J connectivity index is 1.29. The molecule has 0 bridgehead atoms. The summed E-state index contributed by atoms with van der Waals surface area (Å²) >= 11 is 0. The van der Waals surface area contributed by atoms with Gasteiger partial charge in [0.2, 0.25) is 0 Å². The summed E-state index contributed by atoms with van der Waals surface area (Å²) in [5.41, 5.74) is -14.6. The lowest BCUT2D eigenvalue weighted by Crippen LogP contribution is -2.62. The van der Waals surface area contributed by atoms with Crippen LogP contribution >= 0.6 is 0 Å². The van der Waals surface area contributed by atoms with Gasteiger partial charge in [0.05, 0.1) is 69.2 Å². The molecule has 0 fully saturated rings. The average Bonchev–Trinajstić information content (AvgIpc) is 1.15. The van der Waals surface area contributed by atoms with Gasteiger partial charge in [-0.3, -0.25) is 0 Å². The lowest BCUT2D eigenvalue weighted by molar-refractivity contribution is 0.590. The first-order chi connectivity index (χ1) is 47.2. The topological polar surface area (TPSA) is 27.8 Å². The SMILES string of the molecule is [2H]c1c([2H])c2c3c(c1[2H])-n1c4c([2H])c([2H])c([2H])c([2H])c4c4c([2H])c([2H])c([2H])c(c41)N3c1c([2H])c(C(C)(C)C)c([2H])c3c1B2c1c([2H])c([2H])c(N(c2c([2H])c([2H])c(C(C)(C)C)c([2H])c2[2H])c2c([2H])c([2H])c(C(C)(C)C)c([2H])c2[2H])c([2H])c1N3c1c([2H])c([2H])c2oc3c([2H])c([2H])c([2H])c([2H])c3c2c1[2H]. The van der Waals surface area contributed by atoms with Crippen molar-refractivity contribution in [3.63, 3.8) is 0 Å². The Labute approximate surface area is 464 Å². The minimum atomic E-state index is -2.06. The molecule has 0 saturated heterocycles. The second-order valence-electron chi connectivity index (χ2n) is 21.1. The van der Waals surface area contributed by atoms with Crippen LogP contribution in [0.15, 0.2) is 186 Å². The number of furan rings is 1. The Kier molecular flexibility index (Phi) is 4.57. The molecule has 5 nitrogen and oxygen atoms in total. The van der Waals surface area contributed by atoms with E-state index in [0.717, 1.165) is 9.47 Å². The van der Waals surface area contributed by atoms with Crippen LogP contribution in [0.5, 0.6) is 0 Å². The molecule has 0 unspecified atom stereocenters. The van der Waals surface area contributed by atoms with Gasteiger partial charge in [-0.1, -0.05) is 153 Å². The summed E-state index contributed by atoms with van der Waals surface area (Å²) in [7, 11) is 0. The van der Waals surface area contributed by atoms with E-state index < -0.39 is 305 Å². The first-order valence-electron chi connectivity index (χ1n) is 38.2. The zero-order valence-electron chi connectivity index (χ0n) is 70.3. The van der Waals surface area contributed by atoms with E-state index in [1.807, 2.05) is 0 Å². The van der Waals surface area contributed by atoms with Crippen LogP contribution in [0, 0.1) is 0 Å². The molecule has 0 amide bonds. The summed E-state index contributed by atoms with van der Waals surface area (Å²) < 4.78 is 301. The van der Waals surface area contributed by atoms with Crippen molar-refractivity contribution in [3.8, 4) is 5.69 Å². The minimum Gasteiger partial charge on any atom is -0.456 e. The van der Waals surface area contributed by atoms with Crippen LogP contribution in [0.2, 0.25) is 0 Å². The van der Waals surface area contributed by atoms with Gasteiger partial charge >= 0.3 is 0 Å². The molecule has 2 aromatic heterocycles. The standard InChI is InChI=1S/C66H57BN4O/c1-64(2,3)40-24-28-43(29-25-40)68(44-30-26-41(27-31-44)65(4,5)6)46-32-34-51-56(39-46)69(45-33-35-60-50(38-45)48-17-11-13-23-59(48)72-60)57-36-42(66(7,8)9)37-58-61(57)67(51)52-19-15-22-55-63(52)71(58)54-21-14-18-49-47-16-10-12-20-53(47)70(55)62(49)54/h10-39H,1-9H3/i10D,11D,12D,13D,14D,15D,16D,17D,18D,19D,20D,21D,22D,23D,24D,25D,26D,27D,28D,29D,30D,31D,32D,33D,34D,35D,36D,37D,38D,39D. The third-order valence-corrected chi connectivity index (χ3v) is 13.3. The zero-order valence-corrected chi connectivity index (χ0v) is 40.3. The number of anilines is 9. The Hall–Kier alpha value is -7.96. The molecule has 0 atom stereocenters. The number of benzene rings is 9. The second kappa shape index (κ2) is 14.8. The Morgan fingerprint density at radius 1 is 0.431 bits per heavy atom. The number of nitrogens with zero attached hydrogens (tertiary/aromatic N) is 4. The van der Waals surface area contributed by atoms with E-state index in [-0.39, 0.29) is 33.0 Å². The van der Waals surface area contributed by atoms with Crippen molar-refractivity contribution >= 4 is 118 Å². The molecule has 6 heteroatoms. The van der Waals surface area contributed by atoms with Crippen LogP contribution in [0.1, 0.15) is 120 Å². The molecule has 5 heterocycles. The van der Waals surface area contributed by atoms with Crippen molar-refractivity contribution in [1.29, 1.82) is 0 Å². The third-order valence-electron chi connectivity index (χ3n) is 13.3. The molecule has 3 aliphatic rings. The van der Waals surface area contributed by atoms with E-state index in [2.05, 4.69) is 0 Å². The van der Waals surface area contributed by atoms with E-state index in [9.17, 15) is 34.3 Å². The van der Waals surface area contributed by atoms with Gasteiger partial charge in [-0.2, -0.15) is 0 Å². The number of para-hydroxylation sites is 4. The van der Waals surface area contributed by atoms with E-state index in [1.165, 1.54) is 4.90 Å². The molecule has 14 rings (SSSR count). The fraction of sp³-hybridized carbons (Fsp3) is 0.182. The molecule has 0 spiro atoms. The maximum absolute atomic E-state index is 11.2. The second-order valence-corrected chi connectivity index (χ2v) is 21.1. The van der Waals surface area contributed by atoms with Crippen molar-refractivity contribution < 1.29 is 45.5 Å². The average molecular weight is 963 g/mol. The highest BCUT2D eigenvalue weighted by atomic mass is 16.3. The lowest BCUT2D eigenvalue weighted by Gasteiger charge is -2.47. The first-order valence-corrected chi connectivity index (χ1v) is 23.2. The van der Waals surface area contributed by atoms with Crippen LogP contribution in [0.4, 0.5) is 51.2 Å². The van der Waals surface area contributed by atoms with Crippen molar-refractivity contribution in [2.24, 2.45) is 0 Å². The molecule has 0 aliphatic carbocycles. The Morgan fingerprint density at radius 2 is 1.01 bits per heavy atom. The van der Waals surface area contributed by atoms with Crippen LogP contribution in [-0.2, 0) is 16.2 Å². The van der Waals surface area contributed by atoms with Crippen molar-refractivity contribution in [1.82, 2.24) is 4.57 Å². The predicted octanol–water partition coefficient (Wildman–Crippen LogP) is 16.4. The van der Waals surface area contributed by atoms with E-state index >= 15 is 0 Å². The van der Waals surface area contributed by atoms with Gasteiger partial charge in [0.25, 0.3) is 6.71 Å². The first kappa shape index (κ1) is 22.2. The van der Waals surface area contributed by atoms with Gasteiger partial charge in [0, 0.05) is 61.4 Å². The highest BCUT2D eigenvalue weighted by Crippen LogP contribution is 2.54. The fourth-order valence-corrected chi connectivity index (χ4v) is 9.78. The summed E-state index contributed by atoms with van der Waals surface area (Å²) in [6, 6.07) is -25.2. The van der Waals surface area contributed by atoms with Gasteiger partial charge in [0.15, 0.2) is 0 Å². The summed E-state index contributed by atoms with van der Waals surface area (Å²) in [4.78, 5) is 2.67. The molecule has 9 aromatic carbocycles. The molecule has 0 radical (unpaired) electrons. The Morgan fingerprint density at radius 3 is 1.71 bits per heavy atom. The van der Waals surface area contributed by atoms with Crippen LogP contribution < -0.4 is 31.1 Å². The normalized spacial score (nSPS) is 19.7. The molecule has 11 aromatic rings. The van der Waals surface area contributed by atoms with E-state index in [1.54, 1.807) is 62.3 Å². The van der Waals surface area contributed by atoms with Crippen molar-refractivity contribution in [2.45, 2.75) is 78.6 Å². The molecule has 3 aliphatic heterocycles. The van der Waals surface area contributed by atoms with Gasteiger partial charge in [-0.25, -0.2) is 0 Å². The summed E-state index contributed by atoms with van der Waals surface area (Å²) in [6.45, 7) is 12.4. The summed E-state index contributed by atoms with van der Waals surface area (Å²) in [5, 5.41) is -1.76. The monoisotopic (exact) mass is 963 g/mol. The summed E-state index contributed by atoms with van der Waals surface area (Å²) in [5.74, 6) is 0. The highest BCUT2D eigenvalue weighted by molar-refractivity contribution is 7.00. The fourth-order valence-electron chi connectivity index (χ4n) is 9.78. The lowest BCUT2D eigenvalue weighted by atomic mass is 9.33. The van der Waals surface area contributed by atoms with Crippen molar-refractivity contribution in [2.75, 3.05) is 14.7 Å². The minimum absolute atomic E-state index is 0.150. The van der Waals surface area contributed by atoms with Gasteiger partial charge < -0.3 is 23.7 Å². The molecular formula is C66H57BN4O. The smallest absolute Gasteiger partial charge is 0.252 e. The van der Waals surface area contributed by atoms with Gasteiger partial charge in [-0.15, -0.1) is 0 Å². The van der Waals surface area contributed by atoms with Crippen LogP contribution in [0.25, 0.3) is 49.4 Å². The number of aromatic nitrogens is 1. The van der Waals surface area contributed by atoms with Gasteiger partial charge in [0.1, 0.15) is 11.2 Å². The van der Waals surface area contributed by atoms with E-state index in [0.29, 0.717) is 4.90 Å². The summed E-state index contributed by atoms with van der Waals surface area (Å²) in [6.07, 6.45) is 0. The maximum Gasteiger partial charge on any atom is 0.252 e. The molecule has 0 saturated carbocycles. The predicted molar refractivity (Wildman–Crippen MR) is 306 cm³/mol. The van der Waals surface area contributed by atoms with E-state index in [4.69, 9.17) is 11.3 Å². The largest absolute Gasteiger partial charge is 0.456 e.